The van der Waals surface area contributed by atoms with E-state index in [0.29, 0.717) is 16.9 Å². The van der Waals surface area contributed by atoms with Gasteiger partial charge in [-0.25, -0.2) is 4.79 Å². The summed E-state index contributed by atoms with van der Waals surface area (Å²) in [7, 11) is 2.01. The second-order valence-electron chi connectivity index (χ2n) is 9.45. The number of piperidine rings is 1. The van der Waals surface area contributed by atoms with Gasteiger partial charge in [0.05, 0.1) is 28.5 Å². The van der Waals surface area contributed by atoms with E-state index in [1.807, 2.05) is 43.6 Å². The number of anilines is 1. The first-order valence-electron chi connectivity index (χ1n) is 12.4. The Balaban J connectivity index is 1.55. The summed E-state index contributed by atoms with van der Waals surface area (Å²) in [6.45, 7) is 1.67. The Labute approximate surface area is 213 Å². The quantitative estimate of drug-likeness (QED) is 0.362. The molecule has 5 aromatic rings. The lowest BCUT2D eigenvalue weighted by molar-refractivity contribution is 0.191. The van der Waals surface area contributed by atoms with Gasteiger partial charge in [0.1, 0.15) is 0 Å². The van der Waals surface area contributed by atoms with E-state index in [9.17, 15) is 9.90 Å². The van der Waals surface area contributed by atoms with Crippen molar-refractivity contribution < 1.29 is 9.90 Å². The van der Waals surface area contributed by atoms with E-state index in [1.165, 1.54) is 4.90 Å². The van der Waals surface area contributed by atoms with Gasteiger partial charge in [0, 0.05) is 42.9 Å². The molecule has 1 aliphatic heterocycles. The number of rotatable bonds is 5. The number of hydrogen-bond acceptors (Lipinski definition) is 6. The average Bonchev–Trinajstić information content (AvgIpc) is 3.31. The number of aromatic nitrogens is 5. The number of carbonyl (C=O) groups is 1. The predicted octanol–water partition coefficient (Wildman–Crippen LogP) is 4.80. The molecular formula is C28H27N7O2. The third-order valence-corrected chi connectivity index (χ3v) is 7.25. The summed E-state index contributed by atoms with van der Waals surface area (Å²) in [6, 6.07) is 15.2. The number of benzene rings is 2. The van der Waals surface area contributed by atoms with Crippen LogP contribution in [0.4, 0.5) is 10.5 Å². The largest absolute Gasteiger partial charge is 0.465 e. The molecular weight excluding hydrogens is 466 g/mol. The minimum absolute atomic E-state index is 0.0924. The third-order valence-electron chi connectivity index (χ3n) is 7.25. The summed E-state index contributed by atoms with van der Waals surface area (Å²) in [5.74, 6) is 0.0924. The molecule has 1 saturated heterocycles. The maximum Gasteiger partial charge on any atom is 0.412 e. The van der Waals surface area contributed by atoms with Gasteiger partial charge in [-0.2, -0.15) is 10.2 Å². The smallest absolute Gasteiger partial charge is 0.412 e. The highest BCUT2D eigenvalue weighted by molar-refractivity contribution is 5.99. The van der Waals surface area contributed by atoms with Crippen molar-refractivity contribution in [1.29, 1.82) is 0 Å². The van der Waals surface area contributed by atoms with E-state index in [4.69, 9.17) is 0 Å². The molecule has 0 radical (unpaired) electrons. The van der Waals surface area contributed by atoms with Gasteiger partial charge in [-0.1, -0.05) is 12.1 Å². The zero-order chi connectivity index (χ0) is 25.4. The Bertz CT molecular complexity index is 1580. The summed E-state index contributed by atoms with van der Waals surface area (Å²) >= 11 is 0. The monoisotopic (exact) mass is 493 g/mol. The van der Waals surface area contributed by atoms with Gasteiger partial charge < -0.3 is 15.0 Å². The summed E-state index contributed by atoms with van der Waals surface area (Å²) in [5, 5.41) is 23.5. The molecule has 9 heteroatoms. The molecule has 1 unspecified atom stereocenters. The topological polar surface area (TPSA) is 109 Å². The van der Waals surface area contributed by atoms with Crippen LogP contribution >= 0.6 is 0 Å². The molecule has 4 heterocycles. The zero-order valence-electron chi connectivity index (χ0n) is 20.5. The normalized spacial score (nSPS) is 15.2. The molecule has 2 aromatic carbocycles. The number of carboxylic acid groups (broad SMARTS) is 1. The van der Waals surface area contributed by atoms with Crippen LogP contribution in [0.1, 0.15) is 24.6 Å². The highest BCUT2D eigenvalue weighted by Gasteiger charge is 2.36. The summed E-state index contributed by atoms with van der Waals surface area (Å²) < 4.78 is 2.07. The van der Waals surface area contributed by atoms with Crippen molar-refractivity contribution >= 4 is 33.7 Å². The van der Waals surface area contributed by atoms with Crippen LogP contribution in [0, 0.1) is 5.92 Å². The highest BCUT2D eigenvalue weighted by Crippen LogP contribution is 2.40. The first-order valence-corrected chi connectivity index (χ1v) is 12.4. The van der Waals surface area contributed by atoms with E-state index in [2.05, 4.69) is 48.2 Å². The Morgan fingerprint density at radius 3 is 2.70 bits per heavy atom. The predicted molar refractivity (Wildman–Crippen MR) is 142 cm³/mol. The fourth-order valence-electron chi connectivity index (χ4n) is 5.45. The molecule has 37 heavy (non-hydrogen) atoms. The minimum Gasteiger partial charge on any atom is -0.465 e. The second kappa shape index (κ2) is 9.59. The number of nitrogens with zero attached hydrogens (tertiary/aromatic N) is 6. The van der Waals surface area contributed by atoms with Gasteiger partial charge in [0.2, 0.25) is 0 Å². The van der Waals surface area contributed by atoms with Crippen LogP contribution in [0.2, 0.25) is 0 Å². The SMILES string of the molecule is Cn1ccc2ccc(-c3cc(N(C(=O)O)C(c4cccnn4)C4CCNCC4)cc4nccnc34)cc21. The van der Waals surface area contributed by atoms with Crippen molar-refractivity contribution in [2.24, 2.45) is 13.0 Å². The van der Waals surface area contributed by atoms with Crippen molar-refractivity contribution in [2.75, 3.05) is 18.0 Å². The van der Waals surface area contributed by atoms with Crippen LogP contribution in [0.3, 0.4) is 0 Å². The van der Waals surface area contributed by atoms with Gasteiger partial charge >= 0.3 is 6.09 Å². The molecule has 3 aromatic heterocycles. The maximum atomic E-state index is 12.9. The standard InChI is InChI=1S/C28H27N7O2/c1-34-14-8-18-4-5-20(15-25(18)34)22-16-21(17-24-26(22)31-13-12-30-24)35(28(36)37)27(19-6-10-29-11-7-19)23-3-2-9-32-33-23/h2-5,8-9,12-17,19,27,29H,6-7,10-11H2,1H3,(H,36,37). The lowest BCUT2D eigenvalue weighted by Crippen LogP contribution is -2.42. The first kappa shape index (κ1) is 23.1. The van der Waals surface area contributed by atoms with Crippen LogP contribution in [-0.2, 0) is 7.05 Å². The number of nitrogens with one attached hydrogen (secondary N) is 1. The molecule has 0 aliphatic carbocycles. The zero-order valence-corrected chi connectivity index (χ0v) is 20.5. The molecule has 1 fully saturated rings. The van der Waals surface area contributed by atoms with E-state index in [1.54, 1.807) is 18.6 Å². The van der Waals surface area contributed by atoms with E-state index in [0.717, 1.165) is 53.5 Å². The van der Waals surface area contributed by atoms with Gasteiger partial charge in [0.25, 0.3) is 0 Å². The molecule has 0 bridgehead atoms. The van der Waals surface area contributed by atoms with Crippen LogP contribution < -0.4 is 10.2 Å². The molecule has 186 valence electrons. The van der Waals surface area contributed by atoms with E-state index in [-0.39, 0.29) is 5.92 Å². The highest BCUT2D eigenvalue weighted by atomic mass is 16.4. The lowest BCUT2D eigenvalue weighted by Gasteiger charge is -2.37. The maximum absolute atomic E-state index is 12.9. The number of aryl methyl sites for hydroxylation is 1. The Morgan fingerprint density at radius 2 is 1.92 bits per heavy atom. The van der Waals surface area contributed by atoms with Gasteiger partial charge in [-0.3, -0.25) is 14.9 Å². The molecule has 6 rings (SSSR count). The average molecular weight is 494 g/mol. The van der Waals surface area contributed by atoms with Crippen molar-refractivity contribution in [3.05, 3.63) is 79.0 Å². The Kier molecular flexibility index (Phi) is 5.97. The van der Waals surface area contributed by atoms with Crippen LogP contribution in [0.25, 0.3) is 33.1 Å². The first-order chi connectivity index (χ1) is 18.1. The van der Waals surface area contributed by atoms with Crippen LogP contribution in [-0.4, -0.2) is 49.0 Å². The van der Waals surface area contributed by atoms with Crippen molar-refractivity contribution in [3.8, 4) is 11.1 Å². The van der Waals surface area contributed by atoms with E-state index < -0.39 is 12.1 Å². The molecule has 9 nitrogen and oxygen atoms in total. The lowest BCUT2D eigenvalue weighted by atomic mass is 9.86. The summed E-state index contributed by atoms with van der Waals surface area (Å²) in [6.07, 6.45) is 7.58. The Hall–Kier alpha value is -4.37. The van der Waals surface area contributed by atoms with E-state index >= 15 is 0 Å². The molecule has 1 amide bonds. The number of hydrogen-bond donors (Lipinski definition) is 2. The minimum atomic E-state index is -1.04. The van der Waals surface area contributed by atoms with Crippen LogP contribution in [0.5, 0.6) is 0 Å². The number of fused-ring (bicyclic) bond motifs is 2. The third kappa shape index (κ3) is 4.27. The fraction of sp³-hybridized carbons (Fsp3) is 0.250. The fourth-order valence-corrected chi connectivity index (χ4v) is 5.45. The van der Waals surface area contributed by atoms with Crippen molar-refractivity contribution in [3.63, 3.8) is 0 Å². The van der Waals surface area contributed by atoms with Crippen molar-refractivity contribution in [2.45, 2.75) is 18.9 Å². The van der Waals surface area contributed by atoms with Gasteiger partial charge in [0.15, 0.2) is 0 Å². The molecule has 1 aliphatic rings. The molecule has 1 atom stereocenters. The van der Waals surface area contributed by atoms with Crippen LogP contribution in [0.15, 0.2) is 73.3 Å². The van der Waals surface area contributed by atoms with Gasteiger partial charge in [-0.05, 0) is 79.2 Å². The Morgan fingerprint density at radius 1 is 1.08 bits per heavy atom. The molecule has 0 spiro atoms. The second-order valence-corrected chi connectivity index (χ2v) is 9.45. The summed E-state index contributed by atoms with van der Waals surface area (Å²) in [4.78, 5) is 23.6. The van der Waals surface area contributed by atoms with Crippen molar-refractivity contribution in [1.82, 2.24) is 30.0 Å². The number of amides is 1. The molecule has 2 N–H and O–H groups in total. The summed E-state index contributed by atoms with van der Waals surface area (Å²) in [5.41, 5.74) is 5.41. The van der Waals surface area contributed by atoms with Gasteiger partial charge in [-0.15, -0.1) is 0 Å². The molecule has 0 saturated carbocycles.